The van der Waals surface area contributed by atoms with Crippen molar-refractivity contribution in [2.75, 3.05) is 0 Å². The van der Waals surface area contributed by atoms with Gasteiger partial charge in [0, 0.05) is 31.2 Å². The number of nitrogens with zero attached hydrogens (tertiary/aromatic N) is 3. The lowest BCUT2D eigenvalue weighted by atomic mass is 10.1. The number of aliphatic hydroxyl groups excluding tert-OH is 1. The summed E-state index contributed by atoms with van der Waals surface area (Å²) in [6, 6.07) is 2.36. The van der Waals surface area contributed by atoms with Gasteiger partial charge in [0.1, 0.15) is 0 Å². The summed E-state index contributed by atoms with van der Waals surface area (Å²) in [6.45, 7) is 2.76. The molecule has 21 heavy (non-hydrogen) atoms. The van der Waals surface area contributed by atoms with E-state index in [0.717, 1.165) is 48.1 Å². The summed E-state index contributed by atoms with van der Waals surface area (Å²) in [5.41, 5.74) is 3.08. The number of pyridine rings is 1. The summed E-state index contributed by atoms with van der Waals surface area (Å²) >= 11 is 0. The Labute approximate surface area is 125 Å². The topological polar surface area (TPSA) is 63.0 Å². The second kappa shape index (κ2) is 6.12. The highest BCUT2D eigenvalue weighted by Gasteiger charge is 2.20. The first-order chi connectivity index (χ1) is 10.1. The standard InChI is InChI=1S/C16H24N4O/c1-11-13-8-12(10-18-16(13)20(2)19-11)9-17-14-6-4-3-5-7-15(14)21/h8,10,14-15,17,21H,3-7,9H2,1-2H3. The number of rotatable bonds is 3. The molecule has 0 amide bonds. The molecule has 2 heterocycles. The summed E-state index contributed by atoms with van der Waals surface area (Å²) in [4.78, 5) is 4.50. The van der Waals surface area contributed by atoms with E-state index in [1.165, 1.54) is 12.8 Å². The van der Waals surface area contributed by atoms with Crippen LogP contribution in [-0.4, -0.2) is 32.0 Å². The molecule has 2 unspecified atom stereocenters. The normalized spacial score (nSPS) is 23.4. The van der Waals surface area contributed by atoms with Crippen molar-refractivity contribution < 1.29 is 5.11 Å². The molecule has 0 aliphatic heterocycles. The fourth-order valence-electron chi connectivity index (χ4n) is 3.22. The van der Waals surface area contributed by atoms with Crippen molar-refractivity contribution in [3.63, 3.8) is 0 Å². The quantitative estimate of drug-likeness (QED) is 0.849. The van der Waals surface area contributed by atoms with Crippen LogP contribution in [0.1, 0.15) is 43.4 Å². The van der Waals surface area contributed by atoms with Gasteiger partial charge in [-0.05, 0) is 31.4 Å². The van der Waals surface area contributed by atoms with Gasteiger partial charge in [-0.1, -0.05) is 19.3 Å². The summed E-state index contributed by atoms with van der Waals surface area (Å²) in [5, 5.41) is 19.2. The number of aliphatic hydroxyl groups is 1. The van der Waals surface area contributed by atoms with Gasteiger partial charge in [0.2, 0.25) is 0 Å². The van der Waals surface area contributed by atoms with Gasteiger partial charge in [0.15, 0.2) is 5.65 Å². The second-order valence-electron chi connectivity index (χ2n) is 6.12. The Bertz CT molecular complexity index is 622. The molecule has 0 radical (unpaired) electrons. The van der Waals surface area contributed by atoms with E-state index < -0.39 is 0 Å². The number of nitrogens with one attached hydrogen (secondary N) is 1. The van der Waals surface area contributed by atoms with Crippen molar-refractivity contribution in [3.8, 4) is 0 Å². The molecular formula is C16H24N4O. The maximum atomic E-state index is 10.2. The van der Waals surface area contributed by atoms with Crippen molar-refractivity contribution in [3.05, 3.63) is 23.5 Å². The van der Waals surface area contributed by atoms with Crippen molar-refractivity contribution in [1.29, 1.82) is 0 Å². The summed E-state index contributed by atoms with van der Waals surface area (Å²) in [7, 11) is 1.92. The minimum Gasteiger partial charge on any atom is -0.392 e. The van der Waals surface area contributed by atoms with Crippen LogP contribution in [0.15, 0.2) is 12.3 Å². The molecule has 2 aromatic rings. The number of aromatic nitrogens is 3. The minimum atomic E-state index is -0.218. The van der Waals surface area contributed by atoms with Crippen LogP contribution in [0.3, 0.4) is 0 Å². The number of fused-ring (bicyclic) bond motifs is 1. The monoisotopic (exact) mass is 288 g/mol. The van der Waals surface area contributed by atoms with Crippen LogP contribution in [-0.2, 0) is 13.6 Å². The summed E-state index contributed by atoms with van der Waals surface area (Å²) in [5.74, 6) is 0. The predicted molar refractivity (Wildman–Crippen MR) is 83.0 cm³/mol. The average Bonchev–Trinajstić information content (AvgIpc) is 2.63. The molecule has 1 aliphatic rings. The molecule has 2 aromatic heterocycles. The summed E-state index contributed by atoms with van der Waals surface area (Å²) < 4.78 is 1.82. The smallest absolute Gasteiger partial charge is 0.157 e. The van der Waals surface area contributed by atoms with Crippen molar-refractivity contribution in [1.82, 2.24) is 20.1 Å². The van der Waals surface area contributed by atoms with Crippen molar-refractivity contribution >= 4 is 11.0 Å². The average molecular weight is 288 g/mol. The zero-order chi connectivity index (χ0) is 14.8. The first-order valence-corrected chi connectivity index (χ1v) is 7.85. The Balaban J connectivity index is 1.71. The highest BCUT2D eigenvalue weighted by atomic mass is 16.3. The Hall–Kier alpha value is -1.46. The zero-order valence-electron chi connectivity index (χ0n) is 12.8. The number of aryl methyl sites for hydroxylation is 2. The van der Waals surface area contributed by atoms with E-state index in [1.807, 2.05) is 24.9 Å². The molecule has 0 bridgehead atoms. The highest BCUT2D eigenvalue weighted by molar-refractivity contribution is 5.78. The van der Waals surface area contributed by atoms with Crippen LogP contribution >= 0.6 is 0 Å². The predicted octanol–water partition coefficient (Wildman–Crippen LogP) is 2.06. The lowest BCUT2D eigenvalue weighted by molar-refractivity contribution is 0.119. The Kier molecular flexibility index (Phi) is 4.22. The molecule has 1 saturated carbocycles. The van der Waals surface area contributed by atoms with Crippen LogP contribution < -0.4 is 5.32 Å². The van der Waals surface area contributed by atoms with Gasteiger partial charge in [-0.3, -0.25) is 4.68 Å². The van der Waals surface area contributed by atoms with Crippen molar-refractivity contribution in [2.45, 2.75) is 57.7 Å². The van der Waals surface area contributed by atoms with Crippen LogP contribution in [0.5, 0.6) is 0 Å². The van der Waals surface area contributed by atoms with E-state index >= 15 is 0 Å². The van der Waals surface area contributed by atoms with E-state index in [9.17, 15) is 5.11 Å². The molecule has 114 valence electrons. The van der Waals surface area contributed by atoms with Crippen LogP contribution in [0.4, 0.5) is 0 Å². The van der Waals surface area contributed by atoms with Gasteiger partial charge >= 0.3 is 0 Å². The Morgan fingerprint density at radius 2 is 2.14 bits per heavy atom. The first-order valence-electron chi connectivity index (χ1n) is 7.85. The molecule has 0 aromatic carbocycles. The molecule has 0 saturated heterocycles. The summed E-state index contributed by atoms with van der Waals surface area (Å²) in [6.07, 6.45) is 7.23. The van der Waals surface area contributed by atoms with Crippen molar-refractivity contribution in [2.24, 2.45) is 7.05 Å². The van der Waals surface area contributed by atoms with Gasteiger partial charge in [-0.25, -0.2) is 4.98 Å². The van der Waals surface area contributed by atoms with Gasteiger partial charge in [-0.15, -0.1) is 0 Å². The zero-order valence-corrected chi connectivity index (χ0v) is 12.8. The van der Waals surface area contributed by atoms with E-state index in [4.69, 9.17) is 0 Å². The third-order valence-electron chi connectivity index (χ3n) is 4.47. The molecule has 1 fully saturated rings. The highest BCUT2D eigenvalue weighted by Crippen LogP contribution is 2.20. The molecule has 1 aliphatic carbocycles. The fraction of sp³-hybridized carbons (Fsp3) is 0.625. The molecule has 0 spiro atoms. The number of hydrogen-bond donors (Lipinski definition) is 2. The molecule has 5 heteroatoms. The lowest BCUT2D eigenvalue weighted by Crippen LogP contribution is -2.38. The molecule has 2 N–H and O–H groups in total. The maximum Gasteiger partial charge on any atom is 0.157 e. The van der Waals surface area contributed by atoms with Gasteiger partial charge in [-0.2, -0.15) is 5.10 Å². The van der Waals surface area contributed by atoms with Crippen LogP contribution in [0.2, 0.25) is 0 Å². The minimum absolute atomic E-state index is 0.207. The van der Waals surface area contributed by atoms with E-state index in [1.54, 1.807) is 0 Å². The van der Waals surface area contributed by atoms with E-state index in [2.05, 4.69) is 21.5 Å². The Morgan fingerprint density at radius 3 is 3.00 bits per heavy atom. The maximum absolute atomic E-state index is 10.2. The van der Waals surface area contributed by atoms with Crippen LogP contribution in [0.25, 0.3) is 11.0 Å². The lowest BCUT2D eigenvalue weighted by Gasteiger charge is -2.21. The van der Waals surface area contributed by atoms with Gasteiger partial charge < -0.3 is 10.4 Å². The van der Waals surface area contributed by atoms with Crippen LogP contribution in [0, 0.1) is 6.92 Å². The molecule has 3 rings (SSSR count). The van der Waals surface area contributed by atoms with E-state index in [-0.39, 0.29) is 12.1 Å². The number of hydrogen-bond acceptors (Lipinski definition) is 4. The molecular weight excluding hydrogens is 264 g/mol. The third-order valence-corrected chi connectivity index (χ3v) is 4.47. The van der Waals surface area contributed by atoms with Gasteiger partial charge in [0.25, 0.3) is 0 Å². The fourth-order valence-corrected chi connectivity index (χ4v) is 3.22. The largest absolute Gasteiger partial charge is 0.392 e. The SMILES string of the molecule is Cc1nn(C)c2ncc(CNC3CCCCCC3O)cc12. The van der Waals surface area contributed by atoms with E-state index in [0.29, 0.717) is 0 Å². The second-order valence-corrected chi connectivity index (χ2v) is 6.12. The first kappa shape index (κ1) is 14.5. The van der Waals surface area contributed by atoms with Gasteiger partial charge in [0.05, 0.1) is 11.8 Å². The molecule has 2 atom stereocenters. The Morgan fingerprint density at radius 1 is 1.33 bits per heavy atom. The molecule has 5 nitrogen and oxygen atoms in total. The third kappa shape index (κ3) is 3.09.